The Balaban J connectivity index is 1.51. The number of furan rings is 1. The zero-order valence-electron chi connectivity index (χ0n) is 16.2. The average Bonchev–Trinajstić information content (AvgIpc) is 3.39. The molecule has 0 unspecified atom stereocenters. The second-order valence-corrected chi connectivity index (χ2v) is 8.59. The lowest BCUT2D eigenvalue weighted by atomic mass is 10.2. The first-order chi connectivity index (χ1) is 14.8. The fourth-order valence-electron chi connectivity index (χ4n) is 2.88. The molecule has 0 aliphatic carbocycles. The van der Waals surface area contributed by atoms with Crippen LogP contribution in [-0.4, -0.2) is 34.5 Å². The number of sulfone groups is 1. The van der Waals surface area contributed by atoms with Crippen LogP contribution >= 0.6 is 0 Å². The number of carbonyl (C=O) groups excluding carboxylic acids is 1. The minimum atomic E-state index is -3.61. The summed E-state index contributed by atoms with van der Waals surface area (Å²) in [5.41, 5.74) is 0.348. The lowest BCUT2D eigenvalue weighted by Crippen LogP contribution is -2.12. The van der Waals surface area contributed by atoms with Crippen LogP contribution < -0.4 is 5.32 Å². The molecule has 31 heavy (non-hydrogen) atoms. The Morgan fingerprint density at radius 1 is 1.13 bits per heavy atom. The van der Waals surface area contributed by atoms with Gasteiger partial charge in [0, 0.05) is 5.69 Å². The Hall–Kier alpha value is -3.86. The summed E-state index contributed by atoms with van der Waals surface area (Å²) in [7, 11) is -3.61. The standard InChI is InChI=1S/C20H16FN5O4S/c1-13-23-24-25-26(13)18-11-14(7-9-17(18)21)22-20(27)19-10-8-15(30-19)12-31(28,29)16-5-3-2-4-6-16/h2-11H,12H2,1H3,(H,22,27). The van der Waals surface area contributed by atoms with E-state index >= 15 is 0 Å². The molecule has 2 heterocycles. The van der Waals surface area contributed by atoms with Crippen LogP contribution in [0.5, 0.6) is 0 Å². The Labute approximate surface area is 176 Å². The largest absolute Gasteiger partial charge is 0.455 e. The molecule has 9 nitrogen and oxygen atoms in total. The van der Waals surface area contributed by atoms with Gasteiger partial charge in [-0.15, -0.1) is 5.10 Å². The number of rotatable bonds is 6. The maximum Gasteiger partial charge on any atom is 0.291 e. The Morgan fingerprint density at radius 2 is 1.90 bits per heavy atom. The van der Waals surface area contributed by atoms with Crippen LogP contribution in [0.2, 0.25) is 0 Å². The number of tetrazole rings is 1. The molecule has 1 N–H and O–H groups in total. The van der Waals surface area contributed by atoms with Crippen LogP contribution in [0.15, 0.2) is 70.0 Å². The molecule has 158 valence electrons. The molecule has 0 spiro atoms. The first-order valence-corrected chi connectivity index (χ1v) is 10.7. The third-order valence-electron chi connectivity index (χ3n) is 4.38. The molecule has 0 atom stereocenters. The van der Waals surface area contributed by atoms with Gasteiger partial charge in [-0.05, 0) is 59.8 Å². The van der Waals surface area contributed by atoms with Gasteiger partial charge in [0.15, 0.2) is 21.4 Å². The summed E-state index contributed by atoms with van der Waals surface area (Å²) in [6.07, 6.45) is 0. The maximum atomic E-state index is 14.2. The number of aromatic nitrogens is 4. The van der Waals surface area contributed by atoms with Gasteiger partial charge in [-0.1, -0.05) is 18.2 Å². The number of aryl methyl sites for hydroxylation is 1. The van der Waals surface area contributed by atoms with Gasteiger partial charge in [0.2, 0.25) is 0 Å². The van der Waals surface area contributed by atoms with Crippen molar-refractivity contribution in [3.8, 4) is 5.69 Å². The number of anilines is 1. The number of hydrogen-bond donors (Lipinski definition) is 1. The summed E-state index contributed by atoms with van der Waals surface area (Å²) in [6.45, 7) is 1.61. The molecule has 0 saturated carbocycles. The third-order valence-corrected chi connectivity index (χ3v) is 6.03. The summed E-state index contributed by atoms with van der Waals surface area (Å²) in [5.74, 6) is -1.16. The van der Waals surface area contributed by atoms with Crippen LogP contribution in [-0.2, 0) is 15.6 Å². The molecule has 2 aromatic carbocycles. The Kier molecular flexibility index (Phi) is 5.34. The Morgan fingerprint density at radius 3 is 2.61 bits per heavy atom. The van der Waals surface area contributed by atoms with Crippen molar-refractivity contribution in [1.82, 2.24) is 20.2 Å². The highest BCUT2D eigenvalue weighted by Gasteiger charge is 2.20. The summed E-state index contributed by atoms with van der Waals surface area (Å²) in [6, 6.07) is 14.7. The van der Waals surface area contributed by atoms with Crippen LogP contribution in [0.25, 0.3) is 5.69 Å². The molecule has 11 heteroatoms. The molecule has 4 rings (SSSR count). The van der Waals surface area contributed by atoms with Crippen molar-refractivity contribution >= 4 is 21.4 Å². The van der Waals surface area contributed by atoms with Gasteiger partial charge in [0.1, 0.15) is 23.0 Å². The number of halogens is 1. The predicted octanol–water partition coefficient (Wildman–Crippen LogP) is 2.93. The van der Waals surface area contributed by atoms with Crippen molar-refractivity contribution in [2.75, 3.05) is 5.32 Å². The number of hydrogen-bond acceptors (Lipinski definition) is 7. The minimum Gasteiger partial charge on any atom is -0.455 e. The number of nitrogens with zero attached hydrogens (tertiary/aromatic N) is 4. The molecule has 1 amide bonds. The second-order valence-electron chi connectivity index (χ2n) is 6.60. The number of benzene rings is 2. The molecule has 4 aromatic rings. The lowest BCUT2D eigenvalue weighted by molar-refractivity contribution is 0.0995. The van der Waals surface area contributed by atoms with Crippen molar-refractivity contribution in [2.24, 2.45) is 0 Å². The molecule has 2 aromatic heterocycles. The van der Waals surface area contributed by atoms with Gasteiger partial charge in [0.05, 0.1) is 4.90 Å². The second kappa shape index (κ2) is 8.11. The zero-order chi connectivity index (χ0) is 22.0. The average molecular weight is 441 g/mol. The number of nitrogens with one attached hydrogen (secondary N) is 1. The van der Waals surface area contributed by atoms with Gasteiger partial charge in [-0.25, -0.2) is 12.8 Å². The first-order valence-electron chi connectivity index (χ1n) is 9.06. The van der Waals surface area contributed by atoms with E-state index in [1.807, 2.05) is 0 Å². The molecule has 0 saturated heterocycles. The molecule has 0 aliphatic heterocycles. The topological polar surface area (TPSA) is 120 Å². The highest BCUT2D eigenvalue weighted by atomic mass is 32.2. The van der Waals surface area contributed by atoms with Crippen molar-refractivity contribution < 1.29 is 22.0 Å². The van der Waals surface area contributed by atoms with E-state index < -0.39 is 21.6 Å². The van der Waals surface area contributed by atoms with Crippen molar-refractivity contribution in [2.45, 2.75) is 17.6 Å². The highest BCUT2D eigenvalue weighted by molar-refractivity contribution is 7.90. The SMILES string of the molecule is Cc1nnnn1-c1cc(NC(=O)c2ccc(CS(=O)(=O)c3ccccc3)o2)ccc1F. The lowest BCUT2D eigenvalue weighted by Gasteiger charge is -2.08. The van der Waals surface area contributed by atoms with Crippen molar-refractivity contribution in [3.63, 3.8) is 0 Å². The smallest absolute Gasteiger partial charge is 0.291 e. The normalized spacial score (nSPS) is 11.4. The molecular weight excluding hydrogens is 425 g/mol. The van der Waals surface area contributed by atoms with Crippen molar-refractivity contribution in [1.29, 1.82) is 0 Å². The van der Waals surface area contributed by atoms with Gasteiger partial charge in [-0.3, -0.25) is 4.79 Å². The van der Waals surface area contributed by atoms with E-state index in [0.29, 0.717) is 5.82 Å². The quantitative estimate of drug-likeness (QED) is 0.488. The van der Waals surface area contributed by atoms with E-state index in [-0.39, 0.29) is 33.5 Å². The number of carbonyl (C=O) groups is 1. The van der Waals surface area contributed by atoms with E-state index in [0.717, 1.165) is 0 Å². The van der Waals surface area contributed by atoms with E-state index in [2.05, 4.69) is 20.8 Å². The van der Waals surface area contributed by atoms with E-state index in [4.69, 9.17) is 4.42 Å². The van der Waals surface area contributed by atoms with Crippen LogP contribution in [0.4, 0.5) is 10.1 Å². The third kappa shape index (κ3) is 4.36. The minimum absolute atomic E-state index is 0.0642. The van der Waals surface area contributed by atoms with Gasteiger partial charge in [0.25, 0.3) is 5.91 Å². The molecule has 0 radical (unpaired) electrons. The van der Waals surface area contributed by atoms with Crippen molar-refractivity contribution in [3.05, 3.63) is 83.8 Å². The molecule has 0 bridgehead atoms. The molecule has 0 aliphatic rings. The Bertz CT molecular complexity index is 1350. The van der Waals surface area contributed by atoms with Crippen LogP contribution in [0.3, 0.4) is 0 Å². The summed E-state index contributed by atoms with van der Waals surface area (Å²) in [5, 5.41) is 13.5. The summed E-state index contributed by atoms with van der Waals surface area (Å²) in [4.78, 5) is 12.7. The van der Waals surface area contributed by atoms with Crippen LogP contribution in [0.1, 0.15) is 22.1 Å². The first kappa shape index (κ1) is 20.4. The molecule has 0 fully saturated rings. The fraction of sp³-hybridized carbons (Fsp3) is 0.100. The van der Waals surface area contributed by atoms with Gasteiger partial charge < -0.3 is 9.73 Å². The number of amides is 1. The van der Waals surface area contributed by atoms with E-state index in [1.165, 1.54) is 47.1 Å². The summed E-state index contributed by atoms with van der Waals surface area (Å²) < 4.78 is 45.7. The fourth-order valence-corrected chi connectivity index (χ4v) is 4.14. The highest BCUT2D eigenvalue weighted by Crippen LogP contribution is 2.21. The van der Waals surface area contributed by atoms with Gasteiger partial charge in [-0.2, -0.15) is 4.68 Å². The van der Waals surface area contributed by atoms with Crippen LogP contribution in [0, 0.1) is 12.7 Å². The van der Waals surface area contributed by atoms with Gasteiger partial charge >= 0.3 is 0 Å². The van der Waals surface area contributed by atoms with E-state index in [9.17, 15) is 17.6 Å². The predicted molar refractivity (Wildman–Crippen MR) is 108 cm³/mol. The van der Waals surface area contributed by atoms with E-state index in [1.54, 1.807) is 25.1 Å². The molecular formula is C20H16FN5O4S. The monoisotopic (exact) mass is 441 g/mol. The zero-order valence-corrected chi connectivity index (χ0v) is 17.0. The maximum absolute atomic E-state index is 14.2. The summed E-state index contributed by atoms with van der Waals surface area (Å²) >= 11 is 0.